The molecule has 2 saturated heterocycles. The van der Waals surface area contributed by atoms with E-state index in [0.717, 1.165) is 21.5 Å². The van der Waals surface area contributed by atoms with Gasteiger partial charge in [-0.05, 0) is 42.6 Å². The van der Waals surface area contributed by atoms with Crippen LogP contribution in [0.25, 0.3) is 6.08 Å². The third-order valence-corrected chi connectivity index (χ3v) is 5.92. The van der Waals surface area contributed by atoms with E-state index in [1.54, 1.807) is 26.0 Å². The molecule has 0 unspecified atom stereocenters. The van der Waals surface area contributed by atoms with E-state index < -0.39 is 41.1 Å². The number of carbonyl (C=O) groups is 5. The quantitative estimate of drug-likeness (QED) is 0.564. The van der Waals surface area contributed by atoms with Gasteiger partial charge in [0.1, 0.15) is 12.1 Å². The van der Waals surface area contributed by atoms with Crippen molar-refractivity contribution in [3.63, 3.8) is 0 Å². The van der Waals surface area contributed by atoms with Gasteiger partial charge in [-0.15, -0.1) is 11.3 Å². The molecule has 27 heavy (non-hydrogen) atoms. The number of urea groups is 1. The number of carbonyl (C=O) groups excluding carboxylic acids is 5. The highest BCUT2D eigenvalue weighted by molar-refractivity contribution is 8.18. The first-order chi connectivity index (χ1) is 12.7. The Labute approximate surface area is 162 Å². The van der Waals surface area contributed by atoms with Gasteiger partial charge < -0.3 is 5.32 Å². The van der Waals surface area contributed by atoms with Crippen LogP contribution in [0.5, 0.6) is 0 Å². The zero-order valence-electron chi connectivity index (χ0n) is 14.5. The number of thiophene rings is 1. The molecule has 0 saturated carbocycles. The molecule has 1 aromatic heterocycles. The number of rotatable bonds is 5. The van der Waals surface area contributed by atoms with Gasteiger partial charge in [0.05, 0.1) is 4.91 Å². The summed E-state index contributed by atoms with van der Waals surface area (Å²) in [4.78, 5) is 62.6. The van der Waals surface area contributed by atoms with Crippen LogP contribution in [0.15, 0.2) is 22.4 Å². The summed E-state index contributed by atoms with van der Waals surface area (Å²) in [7, 11) is 0. The van der Waals surface area contributed by atoms with Crippen molar-refractivity contribution in [1.29, 1.82) is 0 Å². The molecule has 9 nitrogen and oxygen atoms in total. The third-order valence-electron chi connectivity index (χ3n) is 4.20. The molecule has 3 heterocycles. The van der Waals surface area contributed by atoms with E-state index in [9.17, 15) is 24.0 Å². The molecule has 2 aliphatic rings. The monoisotopic (exact) mass is 408 g/mol. The van der Waals surface area contributed by atoms with Crippen molar-refractivity contribution < 1.29 is 24.0 Å². The molecule has 0 bridgehead atoms. The number of hydrazine groups is 1. The lowest BCUT2D eigenvalue weighted by molar-refractivity contribution is -0.139. The first kappa shape index (κ1) is 19.1. The van der Waals surface area contributed by atoms with Crippen molar-refractivity contribution in [1.82, 2.24) is 20.7 Å². The lowest BCUT2D eigenvalue weighted by Gasteiger charge is -2.20. The summed E-state index contributed by atoms with van der Waals surface area (Å²) in [5.41, 5.74) is 1.06. The van der Waals surface area contributed by atoms with Gasteiger partial charge in [0.15, 0.2) is 0 Å². The van der Waals surface area contributed by atoms with Gasteiger partial charge in [0.2, 0.25) is 0 Å². The maximum atomic E-state index is 12.4. The highest BCUT2D eigenvalue weighted by Gasteiger charge is 2.48. The molecule has 0 spiro atoms. The van der Waals surface area contributed by atoms with Gasteiger partial charge in [-0.2, -0.15) is 5.01 Å². The standard InChI is InChI=1S/C16H16N4O5S2/c1-3-16(2)13(23)20(14(24)17-16)18-11(21)8-19-12(22)10(27-15(19)25)7-9-5-4-6-26-9/h4-7H,3,8H2,1-2H3,(H,17,24)(H,18,21)/b10-7-/t16-/m1/s1. The van der Waals surface area contributed by atoms with Crippen LogP contribution in [0.1, 0.15) is 25.1 Å². The van der Waals surface area contributed by atoms with Crippen LogP contribution < -0.4 is 10.7 Å². The lowest BCUT2D eigenvalue weighted by Crippen LogP contribution is -2.51. The van der Waals surface area contributed by atoms with Gasteiger partial charge in [-0.3, -0.25) is 29.5 Å². The van der Waals surface area contributed by atoms with Crippen LogP contribution in [-0.2, 0) is 14.4 Å². The Morgan fingerprint density at radius 3 is 2.67 bits per heavy atom. The largest absolute Gasteiger partial charge is 0.344 e. The summed E-state index contributed by atoms with van der Waals surface area (Å²) in [6, 6.07) is 2.86. The first-order valence-electron chi connectivity index (χ1n) is 8.00. The fourth-order valence-electron chi connectivity index (χ4n) is 2.47. The van der Waals surface area contributed by atoms with E-state index in [-0.39, 0.29) is 4.91 Å². The van der Waals surface area contributed by atoms with E-state index in [1.807, 2.05) is 11.4 Å². The maximum absolute atomic E-state index is 12.4. The molecular formula is C16H16N4O5S2. The summed E-state index contributed by atoms with van der Waals surface area (Å²) in [5.74, 6) is -2.02. The van der Waals surface area contributed by atoms with Crippen molar-refractivity contribution in [3.05, 3.63) is 27.3 Å². The SMILES string of the molecule is CC[C@@]1(C)NC(=O)N(NC(=O)CN2C(=O)S/C(=C\c3cccs3)C2=O)C1=O. The zero-order chi connectivity index (χ0) is 19.8. The predicted octanol–water partition coefficient (Wildman–Crippen LogP) is 1.54. The zero-order valence-corrected chi connectivity index (χ0v) is 16.1. The Morgan fingerprint density at radius 1 is 1.33 bits per heavy atom. The average Bonchev–Trinajstić information content (AvgIpc) is 3.28. The van der Waals surface area contributed by atoms with Gasteiger partial charge in [0.25, 0.3) is 23.0 Å². The van der Waals surface area contributed by atoms with Crippen LogP contribution >= 0.6 is 23.1 Å². The van der Waals surface area contributed by atoms with Crippen molar-refractivity contribution in [2.24, 2.45) is 0 Å². The van der Waals surface area contributed by atoms with Gasteiger partial charge in [0, 0.05) is 4.88 Å². The Hall–Kier alpha value is -2.66. The Balaban J connectivity index is 1.66. The normalized spacial score (nSPS) is 24.1. The van der Waals surface area contributed by atoms with Gasteiger partial charge in [-0.25, -0.2) is 4.79 Å². The van der Waals surface area contributed by atoms with Crippen LogP contribution in [0, 0.1) is 0 Å². The number of nitrogens with zero attached hydrogens (tertiary/aromatic N) is 2. The molecule has 1 aromatic rings. The molecule has 2 aliphatic heterocycles. The molecule has 142 valence electrons. The molecule has 6 amide bonds. The van der Waals surface area contributed by atoms with Crippen molar-refractivity contribution >= 4 is 58.2 Å². The Bertz CT molecular complexity index is 866. The predicted molar refractivity (Wildman–Crippen MR) is 99.2 cm³/mol. The number of thioether (sulfide) groups is 1. The van der Waals surface area contributed by atoms with Crippen LogP contribution in [0.4, 0.5) is 9.59 Å². The van der Waals surface area contributed by atoms with Gasteiger partial charge in [-0.1, -0.05) is 13.0 Å². The number of hydrogen-bond donors (Lipinski definition) is 2. The first-order valence-corrected chi connectivity index (χ1v) is 9.70. The second-order valence-electron chi connectivity index (χ2n) is 6.07. The van der Waals surface area contributed by atoms with E-state index in [2.05, 4.69) is 10.7 Å². The summed E-state index contributed by atoms with van der Waals surface area (Å²) in [6.45, 7) is 2.68. The number of amides is 6. The third kappa shape index (κ3) is 3.60. The van der Waals surface area contributed by atoms with Crippen molar-refractivity contribution in [3.8, 4) is 0 Å². The molecule has 11 heteroatoms. The van der Waals surface area contributed by atoms with Crippen molar-refractivity contribution in [2.75, 3.05) is 6.54 Å². The number of nitrogens with one attached hydrogen (secondary N) is 2. The van der Waals surface area contributed by atoms with E-state index >= 15 is 0 Å². The number of imide groups is 2. The fourth-order valence-corrected chi connectivity index (χ4v) is 4.03. The smallest absolute Gasteiger partial charge is 0.322 e. The van der Waals surface area contributed by atoms with E-state index in [4.69, 9.17) is 0 Å². The second kappa shape index (κ2) is 7.16. The minimum atomic E-state index is -1.10. The lowest BCUT2D eigenvalue weighted by atomic mass is 10.00. The molecule has 0 aliphatic carbocycles. The van der Waals surface area contributed by atoms with E-state index in [0.29, 0.717) is 11.4 Å². The topological polar surface area (TPSA) is 116 Å². The maximum Gasteiger partial charge on any atom is 0.344 e. The average molecular weight is 408 g/mol. The molecule has 3 rings (SSSR count). The van der Waals surface area contributed by atoms with Crippen molar-refractivity contribution in [2.45, 2.75) is 25.8 Å². The minimum absolute atomic E-state index is 0.212. The Morgan fingerprint density at radius 2 is 2.07 bits per heavy atom. The minimum Gasteiger partial charge on any atom is -0.322 e. The summed E-state index contributed by atoms with van der Waals surface area (Å²) in [6.07, 6.45) is 1.93. The summed E-state index contributed by atoms with van der Waals surface area (Å²) < 4.78 is 0. The van der Waals surface area contributed by atoms with Gasteiger partial charge >= 0.3 is 6.03 Å². The highest BCUT2D eigenvalue weighted by Crippen LogP contribution is 2.32. The molecule has 1 atom stereocenters. The van der Waals surface area contributed by atoms with E-state index in [1.165, 1.54) is 11.3 Å². The fraction of sp³-hybridized carbons (Fsp3) is 0.312. The Kier molecular flexibility index (Phi) is 5.07. The molecule has 0 aromatic carbocycles. The molecule has 0 radical (unpaired) electrons. The van der Waals surface area contributed by atoms with Crippen LogP contribution in [-0.4, -0.2) is 51.0 Å². The van der Waals surface area contributed by atoms with Crippen LogP contribution in [0.3, 0.4) is 0 Å². The molecular weight excluding hydrogens is 392 g/mol. The highest BCUT2D eigenvalue weighted by atomic mass is 32.2. The number of hydrogen-bond acceptors (Lipinski definition) is 7. The second-order valence-corrected chi connectivity index (χ2v) is 8.05. The molecule has 2 fully saturated rings. The molecule has 2 N–H and O–H groups in total. The summed E-state index contributed by atoms with van der Waals surface area (Å²) >= 11 is 2.15. The van der Waals surface area contributed by atoms with Crippen LogP contribution in [0.2, 0.25) is 0 Å². The summed E-state index contributed by atoms with van der Waals surface area (Å²) in [5, 5.41) is 4.32.